The second kappa shape index (κ2) is 5.87. The number of anilines is 1. The van der Waals surface area contributed by atoms with Crippen LogP contribution in [0.1, 0.15) is 16.1 Å². The van der Waals surface area contributed by atoms with Gasteiger partial charge in [0.25, 0.3) is 5.95 Å². The average Bonchev–Trinajstić information content (AvgIpc) is 3.19. The second-order valence-electron chi connectivity index (χ2n) is 4.19. The van der Waals surface area contributed by atoms with Crippen molar-refractivity contribution in [3.05, 3.63) is 47.7 Å². The number of hydrogen-bond donors (Lipinski definition) is 3. The number of carbonyl (C=O) groups is 1. The number of nitrogens with one attached hydrogen (secondary N) is 2. The van der Waals surface area contributed by atoms with Crippen LogP contribution in [0.15, 0.2) is 45.9 Å². The van der Waals surface area contributed by atoms with Gasteiger partial charge in [-0.25, -0.2) is 10.2 Å². The molecule has 0 unspecified atom stereocenters. The van der Waals surface area contributed by atoms with Crippen LogP contribution < -0.4 is 5.43 Å². The van der Waals surface area contributed by atoms with Gasteiger partial charge in [-0.3, -0.25) is 0 Å². The third kappa shape index (κ3) is 2.98. The van der Waals surface area contributed by atoms with Crippen molar-refractivity contribution in [2.24, 2.45) is 5.10 Å². The lowest BCUT2D eigenvalue weighted by Crippen LogP contribution is -1.95. The Morgan fingerprint density at radius 1 is 1.36 bits per heavy atom. The van der Waals surface area contributed by atoms with Gasteiger partial charge in [0.1, 0.15) is 11.5 Å². The van der Waals surface area contributed by atoms with Crippen LogP contribution in [0.4, 0.5) is 5.95 Å². The molecule has 110 valence electrons. The van der Waals surface area contributed by atoms with Crippen molar-refractivity contribution in [2.75, 3.05) is 5.43 Å². The van der Waals surface area contributed by atoms with Gasteiger partial charge >= 0.3 is 5.97 Å². The first-order valence-electron chi connectivity index (χ1n) is 6.18. The normalized spacial score (nSPS) is 10.9. The van der Waals surface area contributed by atoms with E-state index in [-0.39, 0.29) is 11.5 Å². The lowest BCUT2D eigenvalue weighted by atomic mass is 10.1. The van der Waals surface area contributed by atoms with E-state index in [4.69, 9.17) is 9.52 Å². The fourth-order valence-electron chi connectivity index (χ4n) is 1.75. The van der Waals surface area contributed by atoms with Crippen LogP contribution in [0, 0.1) is 0 Å². The first kappa shape index (κ1) is 13.5. The Labute approximate surface area is 123 Å². The summed E-state index contributed by atoms with van der Waals surface area (Å²) in [6.45, 7) is 0. The highest BCUT2D eigenvalue weighted by atomic mass is 16.4. The van der Waals surface area contributed by atoms with E-state index in [1.807, 2.05) is 0 Å². The number of rotatable bonds is 5. The molecule has 3 rings (SSSR count). The van der Waals surface area contributed by atoms with Crippen LogP contribution in [0.2, 0.25) is 0 Å². The predicted molar refractivity (Wildman–Crippen MR) is 76.5 cm³/mol. The third-order valence-corrected chi connectivity index (χ3v) is 2.72. The zero-order valence-corrected chi connectivity index (χ0v) is 11.1. The average molecular weight is 298 g/mol. The molecule has 9 nitrogen and oxygen atoms in total. The first-order valence-corrected chi connectivity index (χ1v) is 6.18. The van der Waals surface area contributed by atoms with E-state index in [1.165, 1.54) is 12.3 Å². The molecule has 0 amide bonds. The van der Waals surface area contributed by atoms with E-state index in [0.717, 1.165) is 0 Å². The van der Waals surface area contributed by atoms with E-state index >= 15 is 0 Å². The Balaban J connectivity index is 1.74. The number of H-pyrrole nitrogens is 1. The van der Waals surface area contributed by atoms with Gasteiger partial charge in [-0.2, -0.15) is 10.3 Å². The molecule has 0 bridgehead atoms. The highest BCUT2D eigenvalue weighted by molar-refractivity contribution is 5.89. The number of aromatic nitrogens is 4. The molecule has 3 aromatic rings. The van der Waals surface area contributed by atoms with Gasteiger partial charge < -0.3 is 9.52 Å². The Morgan fingerprint density at radius 2 is 2.27 bits per heavy atom. The number of hydrazone groups is 1. The monoisotopic (exact) mass is 298 g/mol. The van der Waals surface area contributed by atoms with Gasteiger partial charge in [0, 0.05) is 5.56 Å². The smallest absolute Gasteiger partial charge is 0.335 e. The quantitative estimate of drug-likeness (QED) is 0.482. The number of benzene rings is 1. The molecule has 0 aliphatic rings. The zero-order chi connectivity index (χ0) is 15.4. The van der Waals surface area contributed by atoms with Gasteiger partial charge in [-0.15, -0.1) is 5.10 Å². The number of aromatic carboxylic acids is 1. The largest absolute Gasteiger partial charge is 0.478 e. The second-order valence-corrected chi connectivity index (χ2v) is 4.19. The number of nitrogens with zero attached hydrogens (tertiary/aromatic N) is 4. The van der Waals surface area contributed by atoms with Crippen LogP contribution in [0.25, 0.3) is 11.3 Å². The summed E-state index contributed by atoms with van der Waals surface area (Å²) >= 11 is 0. The van der Waals surface area contributed by atoms with Gasteiger partial charge in [-0.05, 0) is 29.5 Å². The number of carboxylic acids is 1. The van der Waals surface area contributed by atoms with Crippen LogP contribution in [-0.4, -0.2) is 37.9 Å². The summed E-state index contributed by atoms with van der Waals surface area (Å²) in [5, 5.41) is 25.9. The highest BCUT2D eigenvalue weighted by Crippen LogP contribution is 2.22. The number of aromatic amines is 1. The molecule has 1 aromatic carbocycles. The summed E-state index contributed by atoms with van der Waals surface area (Å²) in [5.41, 5.74) is 3.43. The number of hydrogen-bond acceptors (Lipinski definition) is 7. The summed E-state index contributed by atoms with van der Waals surface area (Å²) in [6.07, 6.45) is 1.45. The van der Waals surface area contributed by atoms with Crippen LogP contribution in [0.5, 0.6) is 0 Å². The van der Waals surface area contributed by atoms with Gasteiger partial charge in [0.05, 0.1) is 11.8 Å². The molecule has 2 aromatic heterocycles. The molecule has 2 heterocycles. The van der Waals surface area contributed by atoms with Crippen LogP contribution in [-0.2, 0) is 0 Å². The van der Waals surface area contributed by atoms with E-state index in [1.54, 1.807) is 30.3 Å². The molecule has 0 atom stereocenters. The Morgan fingerprint density at radius 3 is 3.05 bits per heavy atom. The molecule has 0 saturated heterocycles. The molecule has 0 aliphatic heterocycles. The summed E-state index contributed by atoms with van der Waals surface area (Å²) in [6, 6.07) is 9.93. The summed E-state index contributed by atoms with van der Waals surface area (Å²) in [7, 11) is 0. The van der Waals surface area contributed by atoms with Crippen molar-refractivity contribution in [2.45, 2.75) is 0 Å². The van der Waals surface area contributed by atoms with Crippen molar-refractivity contribution in [1.82, 2.24) is 20.6 Å². The van der Waals surface area contributed by atoms with Crippen molar-refractivity contribution in [3.8, 4) is 11.3 Å². The fourth-order valence-corrected chi connectivity index (χ4v) is 1.75. The lowest BCUT2D eigenvalue weighted by Gasteiger charge is -1.98. The van der Waals surface area contributed by atoms with E-state index in [0.29, 0.717) is 17.1 Å². The maximum atomic E-state index is 11.0. The highest BCUT2D eigenvalue weighted by Gasteiger charge is 2.07. The molecule has 0 fully saturated rings. The van der Waals surface area contributed by atoms with E-state index in [2.05, 4.69) is 31.2 Å². The van der Waals surface area contributed by atoms with E-state index < -0.39 is 5.97 Å². The molecular weight excluding hydrogens is 288 g/mol. The third-order valence-electron chi connectivity index (χ3n) is 2.72. The van der Waals surface area contributed by atoms with Crippen molar-refractivity contribution < 1.29 is 14.3 Å². The maximum absolute atomic E-state index is 11.0. The predicted octanol–water partition coefficient (Wildman–Crippen LogP) is 1.60. The minimum atomic E-state index is -0.987. The molecule has 3 N–H and O–H groups in total. The van der Waals surface area contributed by atoms with Gasteiger partial charge in [-0.1, -0.05) is 17.2 Å². The summed E-state index contributed by atoms with van der Waals surface area (Å²) < 4.78 is 5.58. The van der Waals surface area contributed by atoms with Gasteiger partial charge in [0.15, 0.2) is 0 Å². The van der Waals surface area contributed by atoms with Crippen LogP contribution >= 0.6 is 0 Å². The molecule has 0 aliphatic carbocycles. The maximum Gasteiger partial charge on any atom is 0.335 e. The number of tetrazole rings is 1. The van der Waals surface area contributed by atoms with E-state index in [9.17, 15) is 4.79 Å². The number of carboxylic acid groups (broad SMARTS) is 1. The van der Waals surface area contributed by atoms with Gasteiger partial charge in [0.2, 0.25) is 0 Å². The topological polar surface area (TPSA) is 129 Å². The minimum absolute atomic E-state index is 0.197. The van der Waals surface area contributed by atoms with Crippen molar-refractivity contribution in [1.29, 1.82) is 0 Å². The molecule has 9 heteroatoms. The molecule has 0 spiro atoms. The fraction of sp³-hybridized carbons (Fsp3) is 0. The Kier molecular flexibility index (Phi) is 3.60. The van der Waals surface area contributed by atoms with Crippen LogP contribution in [0.3, 0.4) is 0 Å². The van der Waals surface area contributed by atoms with Crippen molar-refractivity contribution >= 4 is 18.1 Å². The lowest BCUT2D eigenvalue weighted by molar-refractivity contribution is 0.0697. The molecule has 0 saturated carbocycles. The summed E-state index contributed by atoms with van der Waals surface area (Å²) in [4.78, 5) is 11.0. The zero-order valence-electron chi connectivity index (χ0n) is 11.1. The summed E-state index contributed by atoms with van der Waals surface area (Å²) in [5.74, 6) is 0.285. The minimum Gasteiger partial charge on any atom is -0.478 e. The number of furan rings is 1. The SMILES string of the molecule is O=C(O)c1cccc(-c2ccc(C=NNc3nn[nH]n3)o2)c1. The Bertz CT molecular complexity index is 809. The molecule has 0 radical (unpaired) electrons. The van der Waals surface area contributed by atoms with Crippen molar-refractivity contribution in [3.63, 3.8) is 0 Å². The Hall–Kier alpha value is -3.49. The standard InChI is InChI=1S/C13H10N6O3/c20-12(21)9-3-1-2-8(6-9)11-5-4-10(22-11)7-14-15-13-16-18-19-17-13/h1-7H,(H,20,21)(H2,15,16,17,18,19). The first-order chi connectivity index (χ1) is 10.7. The molecular formula is C13H10N6O3. The molecule has 22 heavy (non-hydrogen) atoms.